The molecule has 2 N–H and O–H groups in total. The molecule has 2 heterocycles. The van der Waals surface area contributed by atoms with Gasteiger partial charge in [0.05, 0.1) is 17.7 Å². The summed E-state index contributed by atoms with van der Waals surface area (Å²) in [7, 11) is 1.57. The molecule has 9 heteroatoms. The number of thiazole rings is 1. The second-order valence-corrected chi connectivity index (χ2v) is 8.83. The number of hydrogen-bond donors (Lipinski definition) is 2. The van der Waals surface area contributed by atoms with Crippen LogP contribution in [0.3, 0.4) is 0 Å². The van der Waals surface area contributed by atoms with Gasteiger partial charge in [-0.05, 0) is 54.1 Å². The number of aromatic nitrogens is 1. The normalized spacial score (nSPS) is 11.7. The van der Waals surface area contributed by atoms with E-state index in [4.69, 9.17) is 4.74 Å². The van der Waals surface area contributed by atoms with Gasteiger partial charge in [-0.25, -0.2) is 4.98 Å². The quantitative estimate of drug-likeness (QED) is 0.509. The highest BCUT2D eigenvalue weighted by atomic mass is 32.2. The van der Waals surface area contributed by atoms with Crippen molar-refractivity contribution >= 4 is 51.4 Å². The number of nitrogens with one attached hydrogen (secondary N) is 2. The van der Waals surface area contributed by atoms with Crippen LogP contribution < -0.4 is 15.4 Å². The molecule has 2 aromatic heterocycles. The fourth-order valence-electron chi connectivity index (χ4n) is 2.55. The minimum atomic E-state index is -0.647. The smallest absolute Gasteiger partial charge is 0.251 e. The SMILES string of the molecule is COc1ccc(C(=O)N[C@H](CCSC)C(=O)Nc2nc(-c3cccs3)cs2)cc1. The molecule has 0 aliphatic carbocycles. The lowest BCUT2D eigenvalue weighted by atomic mass is 10.1. The molecule has 2 amide bonds. The molecule has 0 bridgehead atoms. The highest BCUT2D eigenvalue weighted by Crippen LogP contribution is 2.28. The van der Waals surface area contributed by atoms with E-state index in [0.717, 1.165) is 16.3 Å². The Labute approximate surface area is 181 Å². The van der Waals surface area contributed by atoms with E-state index < -0.39 is 6.04 Å². The molecule has 3 aromatic rings. The number of benzene rings is 1. The van der Waals surface area contributed by atoms with Crippen molar-refractivity contribution < 1.29 is 14.3 Å². The average molecular weight is 448 g/mol. The molecule has 6 nitrogen and oxygen atoms in total. The first-order valence-electron chi connectivity index (χ1n) is 8.85. The van der Waals surface area contributed by atoms with Crippen molar-refractivity contribution in [1.29, 1.82) is 0 Å². The Balaban J connectivity index is 1.66. The first-order chi connectivity index (χ1) is 14.1. The number of ether oxygens (including phenoxy) is 1. The standard InChI is InChI=1S/C20H21N3O3S3/c1-26-14-7-5-13(6-8-14)18(24)21-15(9-11-27-2)19(25)23-20-22-16(12-29-20)17-4-3-10-28-17/h3-8,10,12,15H,9,11H2,1-2H3,(H,21,24)(H,22,23,25)/t15-/m1/s1. The fraction of sp³-hybridized carbons (Fsp3) is 0.250. The number of thiophene rings is 1. The summed E-state index contributed by atoms with van der Waals surface area (Å²) in [4.78, 5) is 30.9. The van der Waals surface area contributed by atoms with Crippen molar-refractivity contribution in [2.24, 2.45) is 0 Å². The second kappa shape index (κ2) is 10.4. The molecule has 0 aliphatic heterocycles. The van der Waals surface area contributed by atoms with E-state index in [1.54, 1.807) is 54.5 Å². The monoisotopic (exact) mass is 447 g/mol. The van der Waals surface area contributed by atoms with Crippen molar-refractivity contribution in [2.75, 3.05) is 24.4 Å². The fourth-order valence-corrected chi connectivity index (χ4v) is 4.50. The average Bonchev–Trinajstić information content (AvgIpc) is 3.42. The number of anilines is 1. The van der Waals surface area contributed by atoms with Gasteiger partial charge in [0.15, 0.2) is 5.13 Å². The summed E-state index contributed by atoms with van der Waals surface area (Å²) in [6.45, 7) is 0. The molecule has 1 aromatic carbocycles. The van der Waals surface area contributed by atoms with Gasteiger partial charge in [-0.15, -0.1) is 22.7 Å². The maximum absolute atomic E-state index is 12.8. The summed E-state index contributed by atoms with van der Waals surface area (Å²) < 4.78 is 5.11. The van der Waals surface area contributed by atoms with Crippen molar-refractivity contribution in [3.8, 4) is 16.3 Å². The number of methoxy groups -OCH3 is 1. The molecule has 1 atom stereocenters. The number of amides is 2. The summed E-state index contributed by atoms with van der Waals surface area (Å²) in [5.74, 6) is 0.850. The molecule has 29 heavy (non-hydrogen) atoms. The van der Waals surface area contributed by atoms with Crippen LogP contribution in [0.2, 0.25) is 0 Å². The molecular weight excluding hydrogens is 426 g/mol. The van der Waals surface area contributed by atoms with Gasteiger partial charge in [-0.3, -0.25) is 9.59 Å². The van der Waals surface area contributed by atoms with Gasteiger partial charge in [0, 0.05) is 10.9 Å². The van der Waals surface area contributed by atoms with Gasteiger partial charge < -0.3 is 15.4 Å². The topological polar surface area (TPSA) is 80.3 Å². The van der Waals surface area contributed by atoms with Gasteiger partial charge in [0.1, 0.15) is 11.8 Å². The largest absolute Gasteiger partial charge is 0.497 e. The lowest BCUT2D eigenvalue weighted by molar-refractivity contribution is -0.118. The third kappa shape index (κ3) is 5.81. The van der Waals surface area contributed by atoms with E-state index in [9.17, 15) is 9.59 Å². The predicted molar refractivity (Wildman–Crippen MR) is 121 cm³/mol. The van der Waals surface area contributed by atoms with E-state index in [0.29, 0.717) is 22.9 Å². The van der Waals surface area contributed by atoms with E-state index in [2.05, 4.69) is 15.6 Å². The molecule has 0 saturated heterocycles. The number of carbonyl (C=O) groups is 2. The summed E-state index contributed by atoms with van der Waals surface area (Å²) in [5.41, 5.74) is 1.31. The summed E-state index contributed by atoms with van der Waals surface area (Å²) >= 11 is 4.59. The molecule has 152 valence electrons. The third-order valence-electron chi connectivity index (χ3n) is 4.09. The van der Waals surface area contributed by atoms with Crippen LogP contribution in [0.15, 0.2) is 47.2 Å². The lowest BCUT2D eigenvalue weighted by Crippen LogP contribution is -2.44. The van der Waals surface area contributed by atoms with Crippen LogP contribution in [0.1, 0.15) is 16.8 Å². The van der Waals surface area contributed by atoms with Gasteiger partial charge >= 0.3 is 0 Å². The summed E-state index contributed by atoms with van der Waals surface area (Å²) in [5, 5.41) is 10.1. The van der Waals surface area contributed by atoms with Crippen LogP contribution in [0.25, 0.3) is 10.6 Å². The van der Waals surface area contributed by atoms with Crippen LogP contribution >= 0.6 is 34.4 Å². The van der Waals surface area contributed by atoms with Gasteiger partial charge in [-0.1, -0.05) is 6.07 Å². The minimum absolute atomic E-state index is 0.270. The second-order valence-electron chi connectivity index (χ2n) is 6.04. The number of thioether (sulfide) groups is 1. The van der Waals surface area contributed by atoms with Crippen molar-refractivity contribution in [1.82, 2.24) is 10.3 Å². The van der Waals surface area contributed by atoms with Crippen molar-refractivity contribution in [3.63, 3.8) is 0 Å². The Morgan fingerprint density at radius 3 is 2.66 bits per heavy atom. The number of carbonyl (C=O) groups excluding carboxylic acids is 2. The molecule has 0 unspecified atom stereocenters. The zero-order valence-electron chi connectivity index (χ0n) is 16.0. The summed E-state index contributed by atoms with van der Waals surface area (Å²) in [6.07, 6.45) is 2.49. The Kier molecular flexibility index (Phi) is 7.68. The van der Waals surface area contributed by atoms with Gasteiger partial charge in [0.2, 0.25) is 5.91 Å². The van der Waals surface area contributed by atoms with Crippen LogP contribution in [0.5, 0.6) is 5.75 Å². The molecule has 0 spiro atoms. The van der Waals surface area contributed by atoms with Crippen molar-refractivity contribution in [3.05, 3.63) is 52.7 Å². The minimum Gasteiger partial charge on any atom is -0.497 e. The zero-order chi connectivity index (χ0) is 20.6. The molecule has 3 rings (SSSR count). The molecule has 0 saturated carbocycles. The van der Waals surface area contributed by atoms with Crippen LogP contribution in [0.4, 0.5) is 5.13 Å². The third-order valence-corrected chi connectivity index (χ3v) is 6.39. The Morgan fingerprint density at radius 2 is 2.00 bits per heavy atom. The van der Waals surface area contributed by atoms with Crippen LogP contribution in [-0.4, -0.2) is 42.0 Å². The maximum atomic E-state index is 12.8. The lowest BCUT2D eigenvalue weighted by Gasteiger charge is -2.17. The van der Waals surface area contributed by atoms with Crippen LogP contribution in [-0.2, 0) is 4.79 Å². The van der Waals surface area contributed by atoms with Crippen molar-refractivity contribution in [2.45, 2.75) is 12.5 Å². The molecule has 0 aliphatic rings. The Bertz CT molecular complexity index is 940. The first-order valence-corrected chi connectivity index (χ1v) is 12.0. The van der Waals surface area contributed by atoms with Gasteiger partial charge in [0.25, 0.3) is 5.91 Å². The van der Waals surface area contributed by atoms with Gasteiger partial charge in [-0.2, -0.15) is 11.8 Å². The number of rotatable bonds is 9. The van der Waals surface area contributed by atoms with E-state index in [1.807, 2.05) is 29.1 Å². The molecule has 0 fully saturated rings. The molecular formula is C20H21N3O3S3. The number of nitrogens with zero attached hydrogens (tertiary/aromatic N) is 1. The number of hydrogen-bond acceptors (Lipinski definition) is 7. The molecule has 0 radical (unpaired) electrons. The van der Waals surface area contributed by atoms with Crippen LogP contribution in [0, 0.1) is 0 Å². The van der Waals surface area contributed by atoms with E-state index in [1.165, 1.54) is 11.3 Å². The highest BCUT2D eigenvalue weighted by molar-refractivity contribution is 7.98. The van der Waals surface area contributed by atoms with E-state index in [-0.39, 0.29) is 11.8 Å². The first kappa shape index (κ1) is 21.4. The summed E-state index contributed by atoms with van der Waals surface area (Å²) in [6, 6.07) is 10.1. The predicted octanol–water partition coefficient (Wildman–Crippen LogP) is 4.37. The maximum Gasteiger partial charge on any atom is 0.251 e. The zero-order valence-corrected chi connectivity index (χ0v) is 18.5. The Morgan fingerprint density at radius 1 is 1.21 bits per heavy atom. The Hall–Kier alpha value is -2.36. The van der Waals surface area contributed by atoms with E-state index >= 15 is 0 Å². The highest BCUT2D eigenvalue weighted by Gasteiger charge is 2.22.